The Morgan fingerprint density at radius 3 is 1.82 bits per heavy atom. The molecule has 0 saturated carbocycles. The predicted molar refractivity (Wildman–Crippen MR) is 203 cm³/mol. The van der Waals surface area contributed by atoms with E-state index in [2.05, 4.69) is 166 Å². The highest BCUT2D eigenvalue weighted by atomic mass is 16.5. The van der Waals surface area contributed by atoms with Crippen LogP contribution in [-0.4, -0.2) is 6.71 Å². The predicted octanol–water partition coefficient (Wildman–Crippen LogP) is 9.96. The van der Waals surface area contributed by atoms with Crippen molar-refractivity contribution in [3.05, 3.63) is 156 Å². The molecule has 0 aromatic heterocycles. The molecule has 0 bridgehead atoms. The van der Waals surface area contributed by atoms with Crippen molar-refractivity contribution >= 4 is 50.9 Å². The topological polar surface area (TPSA) is 21.7 Å². The van der Waals surface area contributed by atoms with Crippen molar-refractivity contribution in [3.8, 4) is 34.1 Å². The van der Waals surface area contributed by atoms with Crippen molar-refractivity contribution in [1.29, 1.82) is 0 Å². The Labute approximate surface area is 287 Å². The average Bonchev–Trinajstić information content (AvgIpc) is 3.33. The molecule has 0 atom stereocenters. The summed E-state index contributed by atoms with van der Waals surface area (Å²) in [5, 5.41) is 2.42. The van der Waals surface area contributed by atoms with Crippen molar-refractivity contribution in [1.82, 2.24) is 0 Å². The van der Waals surface area contributed by atoms with E-state index in [0.717, 1.165) is 45.5 Å². The van der Waals surface area contributed by atoms with Gasteiger partial charge in [-0.25, -0.2) is 0 Å². The molecule has 0 spiro atoms. The summed E-state index contributed by atoms with van der Waals surface area (Å²) in [4.78, 5) is 2.33. The molecule has 49 heavy (non-hydrogen) atoms. The van der Waals surface area contributed by atoms with Crippen molar-refractivity contribution in [2.24, 2.45) is 0 Å². The molecule has 3 aliphatic rings. The van der Waals surface area contributed by atoms with Crippen LogP contribution in [0.4, 0.5) is 17.1 Å². The maximum atomic E-state index is 6.99. The standard InChI is InChI=1S/C45H34BNO2/c1-27-15-19-39-37(21-27)46-38-22-28(2)16-20-40(38)49-44-42-35(26-41(48-39)43(44)46)34-24-29-17-18-33(23-30(29)25-36(34)45(42,3)4)47(31-11-7-5-8-12-31)32-13-9-6-10-14-32/h5-26H,1-4H3. The van der Waals surface area contributed by atoms with Crippen molar-refractivity contribution in [2.75, 3.05) is 4.90 Å². The van der Waals surface area contributed by atoms with Gasteiger partial charge in [0.1, 0.15) is 23.0 Å². The Kier molecular flexibility index (Phi) is 5.85. The summed E-state index contributed by atoms with van der Waals surface area (Å²) < 4.78 is 13.8. The molecule has 0 unspecified atom stereocenters. The first kappa shape index (κ1) is 28.3. The number of nitrogens with zero attached hydrogens (tertiary/aromatic N) is 1. The van der Waals surface area contributed by atoms with Gasteiger partial charge in [-0.15, -0.1) is 0 Å². The summed E-state index contributed by atoms with van der Waals surface area (Å²) >= 11 is 0. The molecule has 0 saturated heterocycles. The highest BCUT2D eigenvalue weighted by Crippen LogP contribution is 2.56. The highest BCUT2D eigenvalue weighted by Gasteiger charge is 2.47. The molecule has 2 heterocycles. The lowest BCUT2D eigenvalue weighted by Crippen LogP contribution is -2.58. The number of hydrogen-bond acceptors (Lipinski definition) is 3. The van der Waals surface area contributed by atoms with Gasteiger partial charge < -0.3 is 14.4 Å². The number of rotatable bonds is 3. The van der Waals surface area contributed by atoms with Crippen LogP contribution >= 0.6 is 0 Å². The number of ether oxygens (including phenoxy) is 2. The van der Waals surface area contributed by atoms with Crippen LogP contribution in [0.1, 0.15) is 36.1 Å². The third-order valence-corrected chi connectivity index (χ3v) is 10.8. The van der Waals surface area contributed by atoms with E-state index in [9.17, 15) is 0 Å². The van der Waals surface area contributed by atoms with Gasteiger partial charge in [-0.2, -0.15) is 0 Å². The average molecular weight is 632 g/mol. The Bertz CT molecular complexity index is 2450. The molecule has 0 fully saturated rings. The number of aryl methyl sites for hydroxylation is 2. The van der Waals surface area contributed by atoms with Crippen molar-refractivity contribution in [3.63, 3.8) is 0 Å². The van der Waals surface area contributed by atoms with Gasteiger partial charge >= 0.3 is 0 Å². The summed E-state index contributed by atoms with van der Waals surface area (Å²) in [6.45, 7) is 9.06. The van der Waals surface area contributed by atoms with Gasteiger partial charge in [-0.1, -0.05) is 91.7 Å². The van der Waals surface area contributed by atoms with Crippen LogP contribution in [0, 0.1) is 13.8 Å². The minimum Gasteiger partial charge on any atom is -0.458 e. The molecule has 0 amide bonds. The molecule has 3 nitrogen and oxygen atoms in total. The Hall–Kier alpha value is -5.74. The van der Waals surface area contributed by atoms with Crippen LogP contribution in [0.5, 0.6) is 23.0 Å². The molecule has 4 heteroatoms. The molecule has 234 valence electrons. The van der Waals surface area contributed by atoms with Crippen LogP contribution in [0.15, 0.2) is 133 Å². The lowest BCUT2D eigenvalue weighted by atomic mass is 9.34. The fourth-order valence-corrected chi connectivity index (χ4v) is 8.53. The SMILES string of the molecule is Cc1ccc2c(c1)B1c3cc(C)ccc3Oc3c1c(cc1c3C(C)(C)c3cc4cc(N(c5ccccc5)c5ccccc5)ccc4cc3-1)O2. The molecule has 0 N–H and O–H groups in total. The summed E-state index contributed by atoms with van der Waals surface area (Å²) in [5.41, 5.74) is 14.1. The number of benzene rings is 7. The van der Waals surface area contributed by atoms with Crippen LogP contribution in [0.2, 0.25) is 0 Å². The maximum absolute atomic E-state index is 6.99. The van der Waals surface area contributed by atoms with Crippen LogP contribution in [0.3, 0.4) is 0 Å². The van der Waals surface area contributed by atoms with Gasteiger partial charge in [0.05, 0.1) is 0 Å². The largest absolute Gasteiger partial charge is 0.458 e. The maximum Gasteiger partial charge on any atom is 0.260 e. The van der Waals surface area contributed by atoms with Gasteiger partial charge in [0.25, 0.3) is 6.71 Å². The van der Waals surface area contributed by atoms with Crippen molar-refractivity contribution < 1.29 is 9.47 Å². The fourth-order valence-electron chi connectivity index (χ4n) is 8.53. The lowest BCUT2D eigenvalue weighted by molar-refractivity contribution is 0.453. The fraction of sp³-hybridized carbons (Fsp3) is 0.111. The van der Waals surface area contributed by atoms with Crippen LogP contribution in [0.25, 0.3) is 21.9 Å². The van der Waals surface area contributed by atoms with E-state index in [1.54, 1.807) is 0 Å². The van der Waals surface area contributed by atoms with Gasteiger partial charge in [-0.05, 0) is 119 Å². The number of fused-ring (bicyclic) bond motifs is 9. The number of para-hydroxylation sites is 2. The second kappa shape index (κ2) is 10.1. The van der Waals surface area contributed by atoms with E-state index in [4.69, 9.17) is 9.47 Å². The zero-order valence-electron chi connectivity index (χ0n) is 28.0. The first-order valence-electron chi connectivity index (χ1n) is 17.1. The molecule has 7 aromatic carbocycles. The second-order valence-electron chi connectivity index (χ2n) is 14.3. The molecule has 7 aromatic rings. The lowest BCUT2D eigenvalue weighted by Gasteiger charge is -2.36. The first-order chi connectivity index (χ1) is 23.8. The third-order valence-electron chi connectivity index (χ3n) is 10.8. The molecule has 1 aliphatic carbocycles. The second-order valence-corrected chi connectivity index (χ2v) is 14.3. The minimum absolute atomic E-state index is 0.0469. The highest BCUT2D eigenvalue weighted by molar-refractivity contribution is 6.98. The zero-order chi connectivity index (χ0) is 33.0. The van der Waals surface area contributed by atoms with Gasteiger partial charge in [0, 0.05) is 33.5 Å². The Morgan fingerprint density at radius 1 is 0.531 bits per heavy atom. The van der Waals surface area contributed by atoms with Crippen LogP contribution in [-0.2, 0) is 5.41 Å². The molecule has 0 radical (unpaired) electrons. The molecule has 10 rings (SSSR count). The monoisotopic (exact) mass is 631 g/mol. The molecular weight excluding hydrogens is 597 g/mol. The zero-order valence-corrected chi connectivity index (χ0v) is 28.0. The van der Waals surface area contributed by atoms with E-state index in [-0.39, 0.29) is 12.1 Å². The van der Waals surface area contributed by atoms with E-state index in [1.165, 1.54) is 55.1 Å². The summed E-state index contributed by atoms with van der Waals surface area (Å²) in [5.74, 6) is 3.70. The summed E-state index contributed by atoms with van der Waals surface area (Å²) in [6.07, 6.45) is 0. The number of hydrogen-bond donors (Lipinski definition) is 0. The van der Waals surface area contributed by atoms with Gasteiger partial charge in [0.15, 0.2) is 0 Å². The van der Waals surface area contributed by atoms with E-state index in [1.807, 2.05) is 0 Å². The minimum atomic E-state index is -0.294. The quantitative estimate of drug-likeness (QED) is 0.181. The van der Waals surface area contributed by atoms with E-state index < -0.39 is 0 Å². The van der Waals surface area contributed by atoms with Gasteiger partial charge in [-0.3, -0.25) is 0 Å². The van der Waals surface area contributed by atoms with E-state index >= 15 is 0 Å². The molecule has 2 aliphatic heterocycles. The number of anilines is 3. The Morgan fingerprint density at radius 2 is 1.16 bits per heavy atom. The first-order valence-corrected chi connectivity index (χ1v) is 17.1. The van der Waals surface area contributed by atoms with Crippen LogP contribution < -0.4 is 30.8 Å². The normalized spacial score (nSPS) is 14.2. The third kappa shape index (κ3) is 4.10. The summed E-state index contributed by atoms with van der Waals surface area (Å²) in [7, 11) is 0. The van der Waals surface area contributed by atoms with Gasteiger partial charge in [0.2, 0.25) is 0 Å². The van der Waals surface area contributed by atoms with Crippen molar-refractivity contribution in [2.45, 2.75) is 33.1 Å². The molecular formula is C45H34BNO2. The summed E-state index contributed by atoms with van der Waals surface area (Å²) in [6, 6.07) is 48.2. The van der Waals surface area contributed by atoms with E-state index in [0.29, 0.717) is 0 Å². The smallest absolute Gasteiger partial charge is 0.260 e. The Balaban J connectivity index is 1.17.